The number of unbranched alkanes of at least 4 members (excludes halogenated alkanes) is 8. The summed E-state index contributed by atoms with van der Waals surface area (Å²) in [5.74, 6) is 0. The second-order valence-corrected chi connectivity index (χ2v) is 8.89. The maximum absolute atomic E-state index is 6.40. The Morgan fingerprint density at radius 1 is 0.727 bits per heavy atom. The van der Waals surface area contributed by atoms with Crippen LogP contribution in [-0.4, -0.2) is 17.8 Å². The van der Waals surface area contributed by atoms with Crippen molar-refractivity contribution in [3.63, 3.8) is 0 Å². The average Bonchev–Trinajstić information content (AvgIpc) is 2.53. The molecule has 1 unspecified atom stereocenters. The van der Waals surface area contributed by atoms with E-state index in [1.807, 2.05) is 21.6 Å². The molecule has 0 aromatic carbocycles. The van der Waals surface area contributed by atoms with Crippen LogP contribution in [0.25, 0.3) is 0 Å². The molecule has 0 aliphatic rings. The maximum atomic E-state index is 6.40. The highest BCUT2D eigenvalue weighted by atomic mass is 33.1. The third-order valence-electron chi connectivity index (χ3n) is 4.14. The minimum atomic E-state index is 0.381. The fourth-order valence-electron chi connectivity index (χ4n) is 2.74. The van der Waals surface area contributed by atoms with Crippen LogP contribution in [0, 0.1) is 0 Å². The topological polar surface area (TPSA) is 9.23 Å². The molecule has 0 aliphatic heterocycles. The van der Waals surface area contributed by atoms with Gasteiger partial charge in [-0.25, -0.2) is 0 Å². The van der Waals surface area contributed by atoms with Gasteiger partial charge in [0.25, 0.3) is 0 Å². The summed E-state index contributed by atoms with van der Waals surface area (Å²) in [5, 5.41) is 0. The number of rotatable bonds is 17. The molecule has 0 rings (SSSR count). The lowest BCUT2D eigenvalue weighted by atomic mass is 10.0. The molecule has 0 saturated heterocycles. The van der Waals surface area contributed by atoms with E-state index in [4.69, 9.17) is 4.74 Å². The van der Waals surface area contributed by atoms with E-state index in [9.17, 15) is 0 Å². The standard InChI is InChI=1S/C19H40OS2/c1-5-8-10-12-14-16-18(17-15-13-11-9-6-2)20-19(7-3)22-21-4/h18-19H,5-17H2,1-4H3. The lowest BCUT2D eigenvalue weighted by molar-refractivity contribution is 0.0207. The molecular formula is C19H40OS2. The van der Waals surface area contributed by atoms with E-state index in [1.54, 1.807) is 0 Å². The van der Waals surface area contributed by atoms with Crippen LogP contribution in [0.5, 0.6) is 0 Å². The first kappa shape index (κ1) is 22.7. The molecule has 0 fully saturated rings. The molecule has 0 heterocycles. The van der Waals surface area contributed by atoms with Crippen molar-refractivity contribution in [2.24, 2.45) is 0 Å². The van der Waals surface area contributed by atoms with Crippen molar-refractivity contribution < 1.29 is 4.74 Å². The van der Waals surface area contributed by atoms with E-state index in [2.05, 4.69) is 27.0 Å². The van der Waals surface area contributed by atoms with Gasteiger partial charge in [0.1, 0.15) is 5.44 Å². The third-order valence-corrected chi connectivity index (χ3v) is 6.21. The lowest BCUT2D eigenvalue weighted by Gasteiger charge is -2.23. The van der Waals surface area contributed by atoms with Gasteiger partial charge in [0.05, 0.1) is 6.10 Å². The third kappa shape index (κ3) is 14.3. The van der Waals surface area contributed by atoms with Crippen LogP contribution in [0.4, 0.5) is 0 Å². The molecule has 1 nitrogen and oxygen atoms in total. The average molecular weight is 349 g/mol. The first-order valence-electron chi connectivity index (χ1n) is 9.63. The fraction of sp³-hybridized carbons (Fsp3) is 1.00. The van der Waals surface area contributed by atoms with E-state index in [-0.39, 0.29) is 0 Å². The predicted molar refractivity (Wildman–Crippen MR) is 107 cm³/mol. The molecular weight excluding hydrogens is 308 g/mol. The van der Waals surface area contributed by atoms with Crippen LogP contribution in [-0.2, 0) is 4.74 Å². The molecule has 0 aliphatic carbocycles. The fourth-order valence-corrected chi connectivity index (χ4v) is 4.48. The zero-order valence-corrected chi connectivity index (χ0v) is 17.2. The molecule has 1 atom stereocenters. The quantitative estimate of drug-likeness (QED) is 0.150. The second kappa shape index (κ2) is 18.0. The van der Waals surface area contributed by atoms with Gasteiger partial charge in [-0.15, -0.1) is 0 Å². The molecule has 0 radical (unpaired) electrons. The Bertz CT molecular complexity index is 198. The smallest absolute Gasteiger partial charge is 0.113 e. The van der Waals surface area contributed by atoms with Gasteiger partial charge in [0, 0.05) is 0 Å². The van der Waals surface area contributed by atoms with Crippen molar-refractivity contribution in [3.05, 3.63) is 0 Å². The second-order valence-electron chi connectivity index (χ2n) is 6.26. The Morgan fingerprint density at radius 2 is 1.23 bits per heavy atom. The van der Waals surface area contributed by atoms with Crippen molar-refractivity contribution in [2.45, 2.75) is 116 Å². The summed E-state index contributed by atoms with van der Waals surface area (Å²) >= 11 is 0. The zero-order valence-electron chi connectivity index (χ0n) is 15.6. The number of hydrogen-bond donors (Lipinski definition) is 0. The predicted octanol–water partition coefficient (Wildman–Crippen LogP) is 7.84. The molecule has 0 amide bonds. The molecule has 3 heteroatoms. The van der Waals surface area contributed by atoms with Gasteiger partial charge in [-0.2, -0.15) is 0 Å². The molecule has 0 N–H and O–H groups in total. The van der Waals surface area contributed by atoms with Crippen molar-refractivity contribution in [1.29, 1.82) is 0 Å². The summed E-state index contributed by atoms with van der Waals surface area (Å²) in [6.45, 7) is 6.81. The summed E-state index contributed by atoms with van der Waals surface area (Å²) < 4.78 is 6.40. The summed E-state index contributed by atoms with van der Waals surface area (Å²) in [4.78, 5) is 0. The highest BCUT2D eigenvalue weighted by Crippen LogP contribution is 2.29. The van der Waals surface area contributed by atoms with Crippen LogP contribution < -0.4 is 0 Å². The maximum Gasteiger partial charge on any atom is 0.113 e. The molecule has 22 heavy (non-hydrogen) atoms. The summed E-state index contributed by atoms with van der Waals surface area (Å²) in [6.07, 6.45) is 20.0. The van der Waals surface area contributed by atoms with Gasteiger partial charge in [0.15, 0.2) is 0 Å². The SMILES string of the molecule is CCCCCCCC(CCCCCCC)OC(CC)SSC. The minimum Gasteiger partial charge on any atom is -0.364 e. The number of hydrogen-bond acceptors (Lipinski definition) is 3. The van der Waals surface area contributed by atoms with E-state index in [1.165, 1.54) is 77.0 Å². The summed E-state index contributed by atoms with van der Waals surface area (Å²) in [5.41, 5.74) is 0.381. The highest BCUT2D eigenvalue weighted by Gasteiger charge is 2.15. The van der Waals surface area contributed by atoms with Crippen molar-refractivity contribution in [2.75, 3.05) is 6.26 Å². The van der Waals surface area contributed by atoms with Crippen molar-refractivity contribution >= 4 is 21.6 Å². The summed E-state index contributed by atoms with van der Waals surface area (Å²) in [7, 11) is 3.73. The van der Waals surface area contributed by atoms with Gasteiger partial charge in [0.2, 0.25) is 0 Å². The molecule has 134 valence electrons. The minimum absolute atomic E-state index is 0.381. The van der Waals surface area contributed by atoms with Crippen LogP contribution in [0.2, 0.25) is 0 Å². The highest BCUT2D eigenvalue weighted by molar-refractivity contribution is 8.76. The Morgan fingerprint density at radius 3 is 1.64 bits per heavy atom. The van der Waals surface area contributed by atoms with Gasteiger partial charge < -0.3 is 4.74 Å². The van der Waals surface area contributed by atoms with E-state index >= 15 is 0 Å². The van der Waals surface area contributed by atoms with Crippen LogP contribution in [0.1, 0.15) is 104 Å². The van der Waals surface area contributed by atoms with Crippen LogP contribution in [0.3, 0.4) is 0 Å². The van der Waals surface area contributed by atoms with Gasteiger partial charge >= 0.3 is 0 Å². The van der Waals surface area contributed by atoms with Gasteiger partial charge in [-0.1, -0.05) is 107 Å². The lowest BCUT2D eigenvalue weighted by Crippen LogP contribution is -2.19. The molecule has 0 aromatic rings. The van der Waals surface area contributed by atoms with Crippen LogP contribution in [0.15, 0.2) is 0 Å². The molecule has 0 aromatic heterocycles. The first-order valence-corrected chi connectivity index (χ1v) is 12.2. The Kier molecular flexibility index (Phi) is 18.5. The molecule has 0 saturated carbocycles. The first-order chi connectivity index (χ1) is 10.8. The van der Waals surface area contributed by atoms with Gasteiger partial charge in [-0.3, -0.25) is 0 Å². The van der Waals surface area contributed by atoms with E-state index in [0.29, 0.717) is 11.5 Å². The normalized spacial score (nSPS) is 13.0. The monoisotopic (exact) mass is 348 g/mol. The van der Waals surface area contributed by atoms with Crippen molar-refractivity contribution in [1.82, 2.24) is 0 Å². The Hall–Kier alpha value is 0.660. The zero-order chi connectivity index (χ0) is 16.5. The van der Waals surface area contributed by atoms with Crippen molar-refractivity contribution in [3.8, 4) is 0 Å². The van der Waals surface area contributed by atoms with Crippen LogP contribution >= 0.6 is 21.6 Å². The van der Waals surface area contributed by atoms with E-state index < -0.39 is 0 Å². The Balaban J connectivity index is 4.00. The molecule has 0 spiro atoms. The van der Waals surface area contributed by atoms with Gasteiger partial charge in [-0.05, 0) is 25.5 Å². The summed E-state index contributed by atoms with van der Waals surface area (Å²) in [6, 6.07) is 0. The number of ether oxygens (including phenoxy) is 1. The molecule has 0 bridgehead atoms. The largest absolute Gasteiger partial charge is 0.364 e. The Labute approximate surface area is 148 Å². The van der Waals surface area contributed by atoms with E-state index in [0.717, 1.165) is 6.42 Å².